The number of nitrogens with zero attached hydrogens (tertiary/aromatic N) is 2. The number of nitrogens with two attached hydrogens (primary N) is 1. The number of rotatable bonds is 3. The van der Waals surface area contributed by atoms with Crippen molar-refractivity contribution in [3.63, 3.8) is 0 Å². The summed E-state index contributed by atoms with van der Waals surface area (Å²) in [6.45, 7) is 0. The summed E-state index contributed by atoms with van der Waals surface area (Å²) in [5.74, 6) is 0.576. The summed E-state index contributed by atoms with van der Waals surface area (Å²) in [5, 5.41) is 12.5. The maximum absolute atomic E-state index is 8.27. The van der Waals surface area contributed by atoms with Crippen LogP contribution in [0.1, 0.15) is 0 Å². The van der Waals surface area contributed by atoms with Gasteiger partial charge in [-0.1, -0.05) is 28.5 Å². The summed E-state index contributed by atoms with van der Waals surface area (Å²) < 4.78 is 0. The highest BCUT2D eigenvalue weighted by Gasteiger charge is 1.98. The van der Waals surface area contributed by atoms with Gasteiger partial charge in [0, 0.05) is 6.20 Å². The third-order valence-electron chi connectivity index (χ3n) is 1.20. The summed E-state index contributed by atoms with van der Waals surface area (Å²) in [4.78, 5) is 4.02. The lowest BCUT2D eigenvalue weighted by molar-refractivity contribution is 0.318. The van der Waals surface area contributed by atoms with E-state index < -0.39 is 0 Å². The van der Waals surface area contributed by atoms with Crippen molar-refractivity contribution in [2.24, 2.45) is 10.9 Å². The zero-order valence-electron chi connectivity index (χ0n) is 6.64. The molecule has 0 fully saturated rings. The summed E-state index contributed by atoms with van der Waals surface area (Å²) in [6.07, 6.45) is 1.55. The van der Waals surface area contributed by atoms with Gasteiger partial charge in [0.25, 0.3) is 0 Å². The van der Waals surface area contributed by atoms with E-state index in [4.69, 9.17) is 22.5 Å². The molecule has 0 bridgehead atoms. The number of thioether (sulfide) groups is 1. The first-order valence-electron chi connectivity index (χ1n) is 3.43. The molecule has 0 atom stereocenters. The van der Waals surface area contributed by atoms with Crippen molar-refractivity contribution in [3.8, 4) is 0 Å². The Hall–Kier alpha value is -0.940. The predicted molar refractivity (Wildman–Crippen MR) is 53.4 cm³/mol. The first kappa shape index (κ1) is 10.1. The van der Waals surface area contributed by atoms with Gasteiger partial charge in [-0.3, -0.25) is 0 Å². The van der Waals surface area contributed by atoms with E-state index in [0.717, 1.165) is 5.03 Å². The SMILES string of the molecule is NC(CSc1ccc(Cl)cn1)=NO. The molecule has 0 saturated heterocycles. The number of aromatic nitrogens is 1. The van der Waals surface area contributed by atoms with Crippen LogP contribution in [0.3, 0.4) is 0 Å². The smallest absolute Gasteiger partial charge is 0.149 e. The zero-order chi connectivity index (χ0) is 9.68. The first-order valence-corrected chi connectivity index (χ1v) is 4.79. The van der Waals surface area contributed by atoms with Gasteiger partial charge in [0.1, 0.15) is 5.84 Å². The Balaban J connectivity index is 2.51. The molecule has 70 valence electrons. The Bertz CT molecular complexity index is 301. The standard InChI is InChI=1S/C7H8ClN3OS/c8-5-1-2-7(10-3-5)13-4-6(9)11-12/h1-3,12H,4H2,(H2,9,11). The van der Waals surface area contributed by atoms with Crippen LogP contribution in [0, 0.1) is 0 Å². The van der Waals surface area contributed by atoms with E-state index in [9.17, 15) is 0 Å². The van der Waals surface area contributed by atoms with Crippen LogP contribution in [0.4, 0.5) is 0 Å². The van der Waals surface area contributed by atoms with Crippen molar-refractivity contribution in [1.82, 2.24) is 4.98 Å². The molecule has 0 saturated carbocycles. The molecule has 0 aliphatic carbocycles. The highest BCUT2D eigenvalue weighted by Crippen LogP contribution is 2.16. The van der Waals surface area contributed by atoms with Gasteiger partial charge in [0.15, 0.2) is 0 Å². The van der Waals surface area contributed by atoms with Crippen molar-refractivity contribution in [1.29, 1.82) is 0 Å². The minimum Gasteiger partial charge on any atom is -0.409 e. The molecule has 1 heterocycles. The molecule has 0 radical (unpaired) electrons. The lowest BCUT2D eigenvalue weighted by Crippen LogP contribution is -2.14. The van der Waals surface area contributed by atoms with Crippen molar-refractivity contribution in [2.45, 2.75) is 5.03 Å². The molecule has 1 aromatic rings. The minimum absolute atomic E-state index is 0.168. The van der Waals surface area contributed by atoms with Crippen LogP contribution < -0.4 is 5.73 Å². The average Bonchev–Trinajstić information content (AvgIpc) is 2.16. The quantitative estimate of drug-likeness (QED) is 0.265. The van der Waals surface area contributed by atoms with Crippen LogP contribution in [0.15, 0.2) is 28.5 Å². The highest BCUT2D eigenvalue weighted by molar-refractivity contribution is 7.99. The number of hydrogen-bond acceptors (Lipinski definition) is 4. The number of hydrogen-bond donors (Lipinski definition) is 2. The van der Waals surface area contributed by atoms with Crippen LogP contribution in [0.2, 0.25) is 5.02 Å². The topological polar surface area (TPSA) is 71.5 Å². The summed E-state index contributed by atoms with van der Waals surface area (Å²) >= 11 is 7.02. The van der Waals surface area contributed by atoms with Gasteiger partial charge in [-0.15, -0.1) is 0 Å². The monoisotopic (exact) mass is 217 g/mol. The van der Waals surface area contributed by atoms with Gasteiger partial charge in [-0.25, -0.2) is 4.98 Å². The number of pyridine rings is 1. The van der Waals surface area contributed by atoms with Crippen LogP contribution in [-0.2, 0) is 0 Å². The van der Waals surface area contributed by atoms with Gasteiger partial charge >= 0.3 is 0 Å². The fourth-order valence-corrected chi connectivity index (χ4v) is 1.38. The molecule has 0 aromatic carbocycles. The highest BCUT2D eigenvalue weighted by atomic mass is 35.5. The Morgan fingerprint density at radius 2 is 2.46 bits per heavy atom. The average molecular weight is 218 g/mol. The van der Waals surface area contributed by atoms with Crippen LogP contribution in [0.25, 0.3) is 0 Å². The molecule has 6 heteroatoms. The van der Waals surface area contributed by atoms with Crippen molar-refractivity contribution < 1.29 is 5.21 Å². The molecular formula is C7H8ClN3OS. The molecule has 0 unspecified atom stereocenters. The zero-order valence-corrected chi connectivity index (χ0v) is 8.22. The fourth-order valence-electron chi connectivity index (χ4n) is 0.624. The lowest BCUT2D eigenvalue weighted by atomic mass is 10.5. The Morgan fingerprint density at radius 3 is 3.00 bits per heavy atom. The third-order valence-corrected chi connectivity index (χ3v) is 2.40. The van der Waals surface area contributed by atoms with E-state index in [1.54, 1.807) is 18.3 Å². The molecule has 1 aromatic heterocycles. The van der Waals surface area contributed by atoms with Crippen LogP contribution in [-0.4, -0.2) is 21.8 Å². The van der Waals surface area contributed by atoms with Gasteiger partial charge in [-0.2, -0.15) is 0 Å². The maximum atomic E-state index is 8.27. The maximum Gasteiger partial charge on any atom is 0.149 e. The van der Waals surface area contributed by atoms with Gasteiger partial charge in [-0.05, 0) is 12.1 Å². The minimum atomic E-state index is 0.168. The van der Waals surface area contributed by atoms with Crippen LogP contribution in [0.5, 0.6) is 0 Å². The molecule has 4 nitrogen and oxygen atoms in total. The van der Waals surface area contributed by atoms with E-state index in [2.05, 4.69) is 10.1 Å². The van der Waals surface area contributed by atoms with E-state index in [-0.39, 0.29) is 5.84 Å². The molecule has 0 aliphatic rings. The number of amidine groups is 1. The fraction of sp³-hybridized carbons (Fsp3) is 0.143. The Labute approximate surface area is 84.8 Å². The Kier molecular flexibility index (Phi) is 3.85. The molecule has 3 N–H and O–H groups in total. The molecule has 13 heavy (non-hydrogen) atoms. The number of oxime groups is 1. The van der Waals surface area contributed by atoms with E-state index >= 15 is 0 Å². The third kappa shape index (κ3) is 3.52. The van der Waals surface area contributed by atoms with E-state index in [0.29, 0.717) is 10.8 Å². The molecule has 0 spiro atoms. The second-order valence-corrected chi connectivity index (χ2v) is 3.63. The van der Waals surface area contributed by atoms with Gasteiger partial charge in [0.2, 0.25) is 0 Å². The molecule has 0 amide bonds. The first-order chi connectivity index (χ1) is 6.22. The predicted octanol–water partition coefficient (Wildman–Crippen LogP) is 1.57. The second kappa shape index (κ2) is 4.94. The molecule has 1 rings (SSSR count). The molecular weight excluding hydrogens is 210 g/mol. The van der Waals surface area contributed by atoms with E-state index in [1.165, 1.54) is 11.8 Å². The normalized spacial score (nSPS) is 11.6. The Morgan fingerprint density at radius 1 is 1.69 bits per heavy atom. The lowest BCUT2D eigenvalue weighted by Gasteiger charge is -1.98. The summed E-state index contributed by atoms with van der Waals surface area (Å²) in [7, 11) is 0. The summed E-state index contributed by atoms with van der Waals surface area (Å²) in [6, 6.07) is 3.51. The summed E-state index contributed by atoms with van der Waals surface area (Å²) in [5.41, 5.74) is 5.28. The van der Waals surface area contributed by atoms with Crippen molar-refractivity contribution in [2.75, 3.05) is 5.75 Å². The molecule has 0 aliphatic heterocycles. The van der Waals surface area contributed by atoms with Crippen molar-refractivity contribution in [3.05, 3.63) is 23.4 Å². The van der Waals surface area contributed by atoms with Gasteiger partial charge < -0.3 is 10.9 Å². The number of halogens is 1. The largest absolute Gasteiger partial charge is 0.409 e. The van der Waals surface area contributed by atoms with Gasteiger partial charge in [0.05, 0.1) is 15.8 Å². The van der Waals surface area contributed by atoms with Crippen LogP contribution >= 0.6 is 23.4 Å². The van der Waals surface area contributed by atoms with E-state index in [1.807, 2.05) is 0 Å². The second-order valence-electron chi connectivity index (χ2n) is 2.19. The van der Waals surface area contributed by atoms with Crippen molar-refractivity contribution >= 4 is 29.2 Å².